The van der Waals surface area contributed by atoms with E-state index in [0.717, 1.165) is 12.1 Å². The van der Waals surface area contributed by atoms with Crippen molar-refractivity contribution in [1.82, 2.24) is 0 Å². The summed E-state index contributed by atoms with van der Waals surface area (Å²) < 4.78 is 65.6. The van der Waals surface area contributed by atoms with Gasteiger partial charge in [-0.05, 0) is 54.4 Å². The van der Waals surface area contributed by atoms with Gasteiger partial charge in [0.2, 0.25) is 6.43 Å². The largest absolute Gasteiger partial charge is 0.454 e. The Labute approximate surface area is 166 Å². The van der Waals surface area contributed by atoms with E-state index in [4.69, 9.17) is 9.47 Å². The van der Waals surface area contributed by atoms with Gasteiger partial charge in [-0.15, -0.1) is 0 Å². The minimum atomic E-state index is -2.71. The summed E-state index contributed by atoms with van der Waals surface area (Å²) in [5.74, 6) is -0.539. The van der Waals surface area contributed by atoms with Gasteiger partial charge in [0.05, 0.1) is 18.6 Å². The van der Waals surface area contributed by atoms with Gasteiger partial charge in [0.15, 0.2) is 11.6 Å². The Morgan fingerprint density at radius 1 is 0.897 bits per heavy atom. The first kappa shape index (κ1) is 20.9. The molecule has 0 aliphatic rings. The van der Waals surface area contributed by atoms with Crippen LogP contribution in [0.5, 0.6) is 11.5 Å². The smallest absolute Gasteiger partial charge is 0.250 e. The third-order valence-electron chi connectivity index (χ3n) is 4.62. The molecule has 0 aliphatic heterocycles. The average molecular weight is 404 g/mol. The van der Waals surface area contributed by atoms with Crippen LogP contribution in [0.3, 0.4) is 0 Å². The van der Waals surface area contributed by atoms with Crippen molar-refractivity contribution in [2.45, 2.75) is 25.4 Å². The third kappa shape index (κ3) is 5.15. The van der Waals surface area contributed by atoms with Crippen LogP contribution in [0.2, 0.25) is 0 Å². The molecule has 0 fully saturated rings. The van der Waals surface area contributed by atoms with Gasteiger partial charge in [-0.3, -0.25) is 0 Å². The molecule has 3 aromatic rings. The molecule has 29 heavy (non-hydrogen) atoms. The molecule has 0 radical (unpaired) electrons. The molecule has 0 amide bonds. The number of rotatable bonds is 8. The number of hydrogen-bond acceptors (Lipinski definition) is 2. The van der Waals surface area contributed by atoms with Crippen molar-refractivity contribution in [2.24, 2.45) is 0 Å². The SMILES string of the molecule is CC(COCc1ccc(F)c(Oc2ccccc2)c1)(c1ccc(F)cc1)C(F)F. The number of ether oxygens (including phenoxy) is 2. The molecule has 0 aliphatic carbocycles. The fraction of sp³-hybridized carbons (Fsp3) is 0.217. The van der Waals surface area contributed by atoms with Crippen molar-refractivity contribution < 1.29 is 27.0 Å². The van der Waals surface area contributed by atoms with Gasteiger partial charge in [-0.25, -0.2) is 17.6 Å². The average Bonchev–Trinajstić information content (AvgIpc) is 2.71. The third-order valence-corrected chi connectivity index (χ3v) is 4.62. The molecule has 0 aromatic heterocycles. The van der Waals surface area contributed by atoms with Crippen LogP contribution in [-0.2, 0) is 16.8 Å². The van der Waals surface area contributed by atoms with Crippen LogP contribution in [0.15, 0.2) is 72.8 Å². The summed E-state index contributed by atoms with van der Waals surface area (Å²) in [5, 5.41) is 0. The second kappa shape index (κ2) is 9.09. The van der Waals surface area contributed by atoms with E-state index in [2.05, 4.69) is 0 Å². The van der Waals surface area contributed by atoms with Crippen LogP contribution in [0.1, 0.15) is 18.1 Å². The Kier molecular flexibility index (Phi) is 6.54. The summed E-state index contributed by atoms with van der Waals surface area (Å²) >= 11 is 0. The molecule has 152 valence electrons. The highest BCUT2D eigenvalue weighted by atomic mass is 19.3. The van der Waals surface area contributed by atoms with Gasteiger partial charge in [0, 0.05) is 0 Å². The van der Waals surface area contributed by atoms with Crippen molar-refractivity contribution in [3.05, 3.63) is 95.6 Å². The molecule has 0 bridgehead atoms. The second-order valence-corrected chi connectivity index (χ2v) is 6.90. The summed E-state index contributed by atoms with van der Waals surface area (Å²) in [4.78, 5) is 0. The maximum absolute atomic E-state index is 14.0. The van der Waals surface area contributed by atoms with Gasteiger partial charge in [0.1, 0.15) is 11.6 Å². The molecule has 3 aromatic carbocycles. The molecular weight excluding hydrogens is 384 g/mol. The van der Waals surface area contributed by atoms with E-state index < -0.39 is 23.5 Å². The molecule has 0 saturated heterocycles. The molecule has 0 spiro atoms. The van der Waals surface area contributed by atoms with E-state index in [9.17, 15) is 17.6 Å². The molecule has 1 atom stereocenters. The number of benzene rings is 3. The van der Waals surface area contributed by atoms with Crippen LogP contribution < -0.4 is 4.74 Å². The predicted molar refractivity (Wildman–Crippen MR) is 102 cm³/mol. The van der Waals surface area contributed by atoms with E-state index in [1.54, 1.807) is 24.3 Å². The summed E-state index contributed by atoms with van der Waals surface area (Å²) in [7, 11) is 0. The van der Waals surface area contributed by atoms with Crippen molar-refractivity contribution in [2.75, 3.05) is 6.61 Å². The first-order chi connectivity index (χ1) is 13.9. The lowest BCUT2D eigenvalue weighted by atomic mass is 9.83. The lowest BCUT2D eigenvalue weighted by Crippen LogP contribution is -2.36. The summed E-state index contributed by atoms with van der Waals surface area (Å²) in [5.41, 5.74) is -0.744. The normalized spacial score (nSPS) is 13.3. The highest BCUT2D eigenvalue weighted by Crippen LogP contribution is 2.32. The number of hydrogen-bond donors (Lipinski definition) is 0. The summed E-state index contributed by atoms with van der Waals surface area (Å²) in [6.45, 7) is 1.07. The van der Waals surface area contributed by atoms with Crippen molar-refractivity contribution in [3.8, 4) is 11.5 Å². The van der Waals surface area contributed by atoms with E-state index in [1.165, 1.54) is 37.3 Å². The van der Waals surface area contributed by atoms with Gasteiger partial charge in [-0.1, -0.05) is 36.4 Å². The summed E-state index contributed by atoms with van der Waals surface area (Å²) in [6, 6.07) is 17.9. The van der Waals surface area contributed by atoms with Crippen LogP contribution in [0.4, 0.5) is 17.6 Å². The Balaban J connectivity index is 1.68. The van der Waals surface area contributed by atoms with Gasteiger partial charge in [-0.2, -0.15) is 0 Å². The Morgan fingerprint density at radius 3 is 2.24 bits per heavy atom. The molecule has 2 nitrogen and oxygen atoms in total. The van der Waals surface area contributed by atoms with Crippen LogP contribution in [-0.4, -0.2) is 13.0 Å². The number of halogens is 4. The van der Waals surface area contributed by atoms with Crippen LogP contribution >= 0.6 is 0 Å². The van der Waals surface area contributed by atoms with Crippen LogP contribution in [0.25, 0.3) is 0 Å². The van der Waals surface area contributed by atoms with Crippen molar-refractivity contribution in [1.29, 1.82) is 0 Å². The highest BCUT2D eigenvalue weighted by Gasteiger charge is 2.37. The molecule has 6 heteroatoms. The summed E-state index contributed by atoms with van der Waals surface area (Å²) in [6.07, 6.45) is -2.71. The Bertz CT molecular complexity index is 929. The molecule has 0 N–H and O–H groups in total. The fourth-order valence-electron chi connectivity index (χ4n) is 2.82. The van der Waals surface area contributed by atoms with E-state index in [-0.39, 0.29) is 24.5 Å². The minimum absolute atomic E-state index is 0.00503. The topological polar surface area (TPSA) is 18.5 Å². The Hall–Kier alpha value is -2.86. The maximum Gasteiger partial charge on any atom is 0.250 e. The van der Waals surface area contributed by atoms with Gasteiger partial charge < -0.3 is 9.47 Å². The standard InChI is InChI=1S/C23H20F4O2/c1-23(22(26)27,17-8-10-18(24)11-9-17)15-28-14-16-7-12-20(25)21(13-16)29-19-5-3-2-4-6-19/h2-13,22H,14-15H2,1H3. The first-order valence-electron chi connectivity index (χ1n) is 9.02. The monoisotopic (exact) mass is 404 g/mol. The van der Waals surface area contributed by atoms with Gasteiger partial charge in [0.25, 0.3) is 0 Å². The van der Waals surface area contributed by atoms with Crippen molar-refractivity contribution >= 4 is 0 Å². The van der Waals surface area contributed by atoms with Gasteiger partial charge >= 0.3 is 0 Å². The zero-order valence-corrected chi connectivity index (χ0v) is 15.7. The van der Waals surface area contributed by atoms with E-state index in [0.29, 0.717) is 11.3 Å². The lowest BCUT2D eigenvalue weighted by molar-refractivity contribution is -0.0128. The lowest BCUT2D eigenvalue weighted by Gasteiger charge is -2.29. The minimum Gasteiger partial charge on any atom is -0.454 e. The predicted octanol–water partition coefficient (Wildman–Crippen LogP) is 6.50. The molecule has 0 saturated carbocycles. The van der Waals surface area contributed by atoms with Crippen LogP contribution in [0, 0.1) is 11.6 Å². The molecule has 3 rings (SSSR count). The maximum atomic E-state index is 14.0. The quantitative estimate of drug-likeness (QED) is 0.399. The van der Waals surface area contributed by atoms with E-state index >= 15 is 0 Å². The second-order valence-electron chi connectivity index (χ2n) is 6.90. The zero-order valence-electron chi connectivity index (χ0n) is 15.7. The molecule has 0 heterocycles. The zero-order chi connectivity index (χ0) is 20.9. The molecular formula is C23H20F4O2. The fourth-order valence-corrected chi connectivity index (χ4v) is 2.82. The Morgan fingerprint density at radius 2 is 1.59 bits per heavy atom. The first-order valence-corrected chi connectivity index (χ1v) is 9.02. The number of para-hydroxylation sites is 1. The molecule has 1 unspecified atom stereocenters. The van der Waals surface area contributed by atoms with E-state index in [1.807, 2.05) is 6.07 Å². The van der Waals surface area contributed by atoms with Crippen molar-refractivity contribution in [3.63, 3.8) is 0 Å². The highest BCUT2D eigenvalue weighted by molar-refractivity contribution is 5.35. The number of alkyl halides is 2.